The first-order chi connectivity index (χ1) is 9.65. The first-order valence-electron chi connectivity index (χ1n) is 6.65. The monoisotopic (exact) mass is 280 g/mol. The van der Waals surface area contributed by atoms with Gasteiger partial charge in [-0.1, -0.05) is 12.1 Å². The molecule has 1 amide bonds. The molecule has 1 saturated heterocycles. The van der Waals surface area contributed by atoms with Gasteiger partial charge in [-0.2, -0.15) is 0 Å². The highest BCUT2D eigenvalue weighted by atomic mass is 16.6. The minimum atomic E-state index is -0.621. The number of rotatable bonds is 5. The van der Waals surface area contributed by atoms with Crippen LogP contribution in [0.25, 0.3) is 0 Å². The fraction of sp³-hybridized carbons (Fsp3) is 0.500. The van der Waals surface area contributed by atoms with Crippen molar-refractivity contribution in [3.05, 3.63) is 29.8 Å². The Kier molecular flexibility index (Phi) is 5.34. The summed E-state index contributed by atoms with van der Waals surface area (Å²) in [6.07, 6.45) is 0.322. The van der Waals surface area contributed by atoms with Gasteiger partial charge in [0.15, 0.2) is 0 Å². The summed E-state index contributed by atoms with van der Waals surface area (Å²) in [5.41, 5.74) is 6.76. The maximum Gasteiger partial charge on any atom is 0.237 e. The van der Waals surface area contributed by atoms with E-state index in [1.165, 1.54) is 0 Å². The maximum absolute atomic E-state index is 11.9. The average molecular weight is 280 g/mol. The van der Waals surface area contributed by atoms with Gasteiger partial charge >= 0.3 is 0 Å². The number of amides is 1. The molecule has 0 bridgehead atoms. The lowest BCUT2D eigenvalue weighted by Crippen LogP contribution is -2.46. The van der Waals surface area contributed by atoms with Gasteiger partial charge in [0.1, 0.15) is 5.75 Å². The quantitative estimate of drug-likeness (QED) is 0.694. The van der Waals surface area contributed by atoms with Crippen LogP contribution in [0.2, 0.25) is 0 Å². The van der Waals surface area contributed by atoms with Gasteiger partial charge in [0, 0.05) is 6.54 Å². The van der Waals surface area contributed by atoms with E-state index in [1.54, 1.807) is 24.3 Å². The molecule has 2 atom stereocenters. The normalized spacial score (nSPS) is 20.4. The lowest BCUT2D eigenvalue weighted by molar-refractivity contribution is -0.125. The number of nitrogens with one attached hydrogen (secondary N) is 1. The van der Waals surface area contributed by atoms with Crippen molar-refractivity contribution in [1.82, 2.24) is 5.32 Å². The Hall–Kier alpha value is -1.63. The summed E-state index contributed by atoms with van der Waals surface area (Å²) in [5, 5.41) is 12.0. The highest BCUT2D eigenvalue weighted by Crippen LogP contribution is 2.10. The number of phenolic OH excluding ortho intramolecular Hbond substituents is 1. The Bertz CT molecular complexity index is 429. The van der Waals surface area contributed by atoms with Crippen LogP contribution in [0, 0.1) is 0 Å². The molecule has 1 heterocycles. The number of hydrogen-bond acceptors (Lipinski definition) is 5. The van der Waals surface area contributed by atoms with Crippen LogP contribution in [0.1, 0.15) is 5.56 Å². The molecule has 0 spiro atoms. The highest BCUT2D eigenvalue weighted by Gasteiger charge is 2.18. The molecule has 1 aliphatic heterocycles. The van der Waals surface area contributed by atoms with Crippen LogP contribution in [0.15, 0.2) is 24.3 Å². The summed E-state index contributed by atoms with van der Waals surface area (Å²) in [6, 6.07) is 6.03. The second kappa shape index (κ2) is 7.23. The van der Waals surface area contributed by atoms with Crippen molar-refractivity contribution in [3.8, 4) is 5.75 Å². The molecule has 6 nitrogen and oxygen atoms in total. The van der Waals surface area contributed by atoms with Crippen molar-refractivity contribution in [2.45, 2.75) is 18.6 Å². The van der Waals surface area contributed by atoms with E-state index in [-0.39, 0.29) is 17.8 Å². The molecule has 110 valence electrons. The van der Waals surface area contributed by atoms with Crippen molar-refractivity contribution < 1.29 is 19.4 Å². The maximum atomic E-state index is 11.9. The van der Waals surface area contributed by atoms with E-state index in [0.717, 1.165) is 5.56 Å². The van der Waals surface area contributed by atoms with Crippen LogP contribution in [0.4, 0.5) is 0 Å². The zero-order valence-electron chi connectivity index (χ0n) is 11.2. The molecule has 0 radical (unpaired) electrons. The SMILES string of the molecule is N[C@H](Cc1ccc(O)cc1)C(=O)NCC1COCCO1. The summed E-state index contributed by atoms with van der Waals surface area (Å²) in [7, 11) is 0. The third-order valence-electron chi connectivity index (χ3n) is 3.12. The number of aromatic hydroxyl groups is 1. The molecule has 1 unspecified atom stereocenters. The third kappa shape index (κ3) is 4.48. The number of hydrogen-bond donors (Lipinski definition) is 3. The van der Waals surface area contributed by atoms with Gasteiger partial charge in [-0.15, -0.1) is 0 Å². The summed E-state index contributed by atoms with van der Waals surface area (Å²) in [6.45, 7) is 2.06. The minimum Gasteiger partial charge on any atom is -0.508 e. The van der Waals surface area contributed by atoms with Crippen molar-refractivity contribution in [3.63, 3.8) is 0 Å². The van der Waals surface area contributed by atoms with Crippen molar-refractivity contribution in [2.24, 2.45) is 5.73 Å². The molecule has 0 aliphatic carbocycles. The van der Waals surface area contributed by atoms with Gasteiger partial charge in [0.2, 0.25) is 5.91 Å². The molecule has 6 heteroatoms. The van der Waals surface area contributed by atoms with Crippen molar-refractivity contribution in [1.29, 1.82) is 0 Å². The van der Waals surface area contributed by atoms with E-state index in [2.05, 4.69) is 5.32 Å². The van der Waals surface area contributed by atoms with Crippen LogP contribution in [-0.4, -0.2) is 49.5 Å². The van der Waals surface area contributed by atoms with E-state index in [4.69, 9.17) is 15.2 Å². The van der Waals surface area contributed by atoms with Crippen LogP contribution in [0.5, 0.6) is 5.75 Å². The lowest BCUT2D eigenvalue weighted by atomic mass is 10.1. The number of benzene rings is 1. The molecule has 1 fully saturated rings. The molecule has 0 aromatic heterocycles. The molecule has 2 rings (SSSR count). The van der Waals surface area contributed by atoms with Crippen LogP contribution in [-0.2, 0) is 20.7 Å². The van der Waals surface area contributed by atoms with Gasteiger partial charge < -0.3 is 25.6 Å². The molecule has 1 aromatic carbocycles. The predicted molar refractivity (Wildman–Crippen MR) is 73.4 cm³/mol. The van der Waals surface area contributed by atoms with E-state index in [1.807, 2.05) is 0 Å². The Balaban J connectivity index is 1.75. The number of carbonyl (C=O) groups is 1. The molecule has 1 aromatic rings. The van der Waals surface area contributed by atoms with Gasteiger partial charge in [-0.25, -0.2) is 0 Å². The predicted octanol–water partition coefficient (Wildman–Crippen LogP) is -0.206. The molecule has 4 N–H and O–H groups in total. The van der Waals surface area contributed by atoms with Crippen LogP contribution in [0.3, 0.4) is 0 Å². The fourth-order valence-electron chi connectivity index (χ4n) is 1.98. The summed E-state index contributed by atoms with van der Waals surface area (Å²) in [4.78, 5) is 11.9. The topological polar surface area (TPSA) is 93.8 Å². The molecule has 1 aliphatic rings. The number of ether oxygens (including phenoxy) is 2. The Morgan fingerprint density at radius 1 is 1.40 bits per heavy atom. The number of phenols is 1. The second-order valence-corrected chi connectivity index (χ2v) is 4.79. The first kappa shape index (κ1) is 14.8. The zero-order chi connectivity index (χ0) is 14.4. The third-order valence-corrected chi connectivity index (χ3v) is 3.12. The number of carbonyl (C=O) groups excluding carboxylic acids is 1. The highest BCUT2D eigenvalue weighted by molar-refractivity contribution is 5.81. The van der Waals surface area contributed by atoms with Gasteiger partial charge in [0.25, 0.3) is 0 Å². The average Bonchev–Trinajstić information content (AvgIpc) is 2.48. The second-order valence-electron chi connectivity index (χ2n) is 4.79. The first-order valence-corrected chi connectivity index (χ1v) is 6.65. The molecular weight excluding hydrogens is 260 g/mol. The van der Waals surface area contributed by atoms with Gasteiger partial charge in [-0.3, -0.25) is 4.79 Å². The molecule has 0 saturated carbocycles. The van der Waals surface area contributed by atoms with E-state index < -0.39 is 6.04 Å². The van der Waals surface area contributed by atoms with E-state index in [0.29, 0.717) is 32.8 Å². The Morgan fingerprint density at radius 2 is 2.15 bits per heavy atom. The summed E-state index contributed by atoms with van der Waals surface area (Å²) < 4.78 is 10.7. The van der Waals surface area contributed by atoms with E-state index >= 15 is 0 Å². The van der Waals surface area contributed by atoms with Crippen molar-refractivity contribution in [2.75, 3.05) is 26.4 Å². The molecular formula is C14H20N2O4. The van der Waals surface area contributed by atoms with E-state index in [9.17, 15) is 9.90 Å². The Morgan fingerprint density at radius 3 is 2.80 bits per heavy atom. The largest absolute Gasteiger partial charge is 0.508 e. The Labute approximate surface area is 117 Å². The fourth-order valence-corrected chi connectivity index (χ4v) is 1.98. The smallest absolute Gasteiger partial charge is 0.237 e. The van der Waals surface area contributed by atoms with Crippen LogP contribution >= 0.6 is 0 Å². The summed E-state index contributed by atoms with van der Waals surface area (Å²) >= 11 is 0. The molecule has 20 heavy (non-hydrogen) atoms. The minimum absolute atomic E-state index is 0.103. The van der Waals surface area contributed by atoms with Crippen LogP contribution < -0.4 is 11.1 Å². The zero-order valence-corrected chi connectivity index (χ0v) is 11.2. The van der Waals surface area contributed by atoms with Gasteiger partial charge in [-0.05, 0) is 24.1 Å². The number of nitrogens with two attached hydrogens (primary N) is 1. The summed E-state index contributed by atoms with van der Waals surface area (Å²) in [5.74, 6) is -0.0199. The standard InChI is InChI=1S/C14H20N2O4/c15-13(7-10-1-3-11(17)4-2-10)14(18)16-8-12-9-19-5-6-20-12/h1-4,12-13,17H,5-9,15H2,(H,16,18)/t12?,13-/m1/s1. The van der Waals surface area contributed by atoms with Gasteiger partial charge in [0.05, 0.1) is 32.0 Å². The lowest BCUT2D eigenvalue weighted by Gasteiger charge is -2.23. The van der Waals surface area contributed by atoms with Crippen molar-refractivity contribution >= 4 is 5.91 Å².